The van der Waals surface area contributed by atoms with Crippen molar-refractivity contribution in [3.05, 3.63) is 89.5 Å². The van der Waals surface area contributed by atoms with Crippen molar-refractivity contribution < 1.29 is 34.6 Å². The average Bonchev–Trinajstić information content (AvgIpc) is 2.72. The molecule has 0 unspecified atom stereocenters. The summed E-state index contributed by atoms with van der Waals surface area (Å²) in [5, 5.41) is 27.1. The van der Waals surface area contributed by atoms with Gasteiger partial charge in [-0.15, -0.1) is 0 Å². The highest BCUT2D eigenvalue weighted by Gasteiger charge is 2.13. The third-order valence-corrected chi connectivity index (χ3v) is 5.20. The van der Waals surface area contributed by atoms with Crippen molar-refractivity contribution in [3.63, 3.8) is 0 Å². The van der Waals surface area contributed by atoms with E-state index in [1.807, 2.05) is 36.4 Å². The summed E-state index contributed by atoms with van der Waals surface area (Å²) < 4.78 is 8.55. The SMILES string of the molecule is CC(C)(C)c1ccc(O)cc1.CC(C)(C)c1ccc(O)cc1.CC(C)(C)c1ccc(O)cc1.O=P([O-])([O-])[O-]. The molecule has 0 bridgehead atoms. The van der Waals surface area contributed by atoms with Crippen molar-refractivity contribution in [2.75, 3.05) is 0 Å². The topological polar surface area (TPSA) is 147 Å². The maximum absolute atomic E-state index is 9.02. The molecule has 0 amide bonds. The lowest BCUT2D eigenvalue weighted by molar-refractivity contribution is -0.432. The van der Waals surface area contributed by atoms with Gasteiger partial charge in [-0.05, 0) is 69.3 Å². The standard InChI is InChI=1S/3C10H14O.H3O4P/c3*1-10(2,3)8-4-6-9(11)7-5-8;1-5(2,3)4/h3*4-7,11H,1-3H3;(H3,1,2,3,4)/p-3. The minimum absolute atomic E-state index is 0.174. The van der Waals surface area contributed by atoms with Gasteiger partial charge < -0.3 is 34.6 Å². The predicted molar refractivity (Wildman–Crippen MR) is 148 cm³/mol. The van der Waals surface area contributed by atoms with Gasteiger partial charge in [-0.2, -0.15) is 7.82 Å². The summed E-state index contributed by atoms with van der Waals surface area (Å²) in [7, 11) is -5.39. The second-order valence-corrected chi connectivity index (χ2v) is 12.7. The van der Waals surface area contributed by atoms with Gasteiger partial charge in [0.05, 0.1) is 0 Å². The maximum Gasteiger partial charge on any atom is 0.115 e. The highest BCUT2D eigenvalue weighted by Crippen LogP contribution is 2.25. The Morgan fingerprint density at radius 2 is 0.579 bits per heavy atom. The quantitative estimate of drug-likeness (QED) is 0.327. The van der Waals surface area contributed by atoms with Crippen LogP contribution in [-0.2, 0) is 20.8 Å². The summed E-state index contributed by atoms with van der Waals surface area (Å²) in [6.07, 6.45) is 0. The van der Waals surface area contributed by atoms with Crippen molar-refractivity contribution in [1.29, 1.82) is 0 Å². The minimum atomic E-state index is -5.39. The van der Waals surface area contributed by atoms with E-state index >= 15 is 0 Å². The van der Waals surface area contributed by atoms with Crippen LogP contribution in [-0.4, -0.2) is 15.3 Å². The average molecular weight is 546 g/mol. The second-order valence-electron chi connectivity index (χ2n) is 11.8. The van der Waals surface area contributed by atoms with Crippen molar-refractivity contribution in [2.45, 2.75) is 78.6 Å². The second kappa shape index (κ2) is 14.4. The van der Waals surface area contributed by atoms with E-state index in [9.17, 15) is 0 Å². The Bertz CT molecular complexity index is 972. The molecule has 3 N–H and O–H groups in total. The molecule has 0 radical (unpaired) electrons. The van der Waals surface area contributed by atoms with Crippen LogP contribution in [0.4, 0.5) is 0 Å². The molecule has 0 fully saturated rings. The molecule has 0 aromatic heterocycles. The van der Waals surface area contributed by atoms with Crippen LogP contribution in [0.5, 0.6) is 17.2 Å². The Morgan fingerprint density at radius 3 is 0.684 bits per heavy atom. The van der Waals surface area contributed by atoms with Crippen LogP contribution in [0.25, 0.3) is 0 Å². The lowest BCUT2D eigenvalue weighted by Crippen LogP contribution is -2.24. The van der Waals surface area contributed by atoms with Crippen molar-refractivity contribution in [1.82, 2.24) is 0 Å². The first kappa shape index (κ1) is 35.2. The van der Waals surface area contributed by atoms with Gasteiger partial charge in [0, 0.05) is 0 Å². The summed E-state index contributed by atoms with van der Waals surface area (Å²) in [4.78, 5) is 25.6. The first-order valence-corrected chi connectivity index (χ1v) is 13.6. The number of hydrogen-bond acceptors (Lipinski definition) is 7. The fourth-order valence-electron chi connectivity index (χ4n) is 2.88. The molecule has 212 valence electrons. The smallest absolute Gasteiger partial charge is 0.115 e. The first-order chi connectivity index (χ1) is 17.0. The molecule has 0 saturated carbocycles. The molecule has 38 heavy (non-hydrogen) atoms. The summed E-state index contributed by atoms with van der Waals surface area (Å²) in [6, 6.07) is 22.1. The van der Waals surface area contributed by atoms with Gasteiger partial charge in [0.15, 0.2) is 0 Å². The van der Waals surface area contributed by atoms with Gasteiger partial charge >= 0.3 is 0 Å². The molecular weight excluding hydrogens is 503 g/mol. The molecule has 3 rings (SSSR count). The molecule has 3 aromatic rings. The van der Waals surface area contributed by atoms with E-state index in [1.54, 1.807) is 36.4 Å². The Labute approximate surface area is 227 Å². The van der Waals surface area contributed by atoms with E-state index in [-0.39, 0.29) is 16.2 Å². The van der Waals surface area contributed by atoms with Crippen LogP contribution in [0.2, 0.25) is 0 Å². The normalized spacial score (nSPS) is 11.6. The third kappa shape index (κ3) is 16.8. The van der Waals surface area contributed by atoms with E-state index in [4.69, 9.17) is 34.6 Å². The minimum Gasteiger partial charge on any atom is -0.822 e. The molecule has 0 spiro atoms. The zero-order valence-electron chi connectivity index (χ0n) is 23.9. The largest absolute Gasteiger partial charge is 0.822 e. The van der Waals surface area contributed by atoms with E-state index in [1.165, 1.54) is 16.7 Å². The molecule has 0 heterocycles. The van der Waals surface area contributed by atoms with Crippen LogP contribution in [0.3, 0.4) is 0 Å². The molecule has 8 heteroatoms. The van der Waals surface area contributed by atoms with Crippen LogP contribution in [0.1, 0.15) is 79.0 Å². The van der Waals surface area contributed by atoms with E-state index in [0.29, 0.717) is 17.2 Å². The summed E-state index contributed by atoms with van der Waals surface area (Å²) in [6.45, 7) is 19.4. The Hall–Kier alpha value is -2.83. The number of aromatic hydroxyl groups is 3. The van der Waals surface area contributed by atoms with Crippen molar-refractivity contribution >= 4 is 7.82 Å². The maximum atomic E-state index is 9.02. The highest BCUT2D eigenvalue weighted by atomic mass is 31.2. The number of phenolic OH excluding ortho intramolecular Hbond substituents is 3. The summed E-state index contributed by atoms with van der Waals surface area (Å²) in [5.41, 5.74) is 4.26. The zero-order chi connectivity index (χ0) is 29.9. The molecule has 7 nitrogen and oxygen atoms in total. The number of hydrogen-bond donors (Lipinski definition) is 3. The molecule has 0 saturated heterocycles. The number of phenols is 3. The van der Waals surface area contributed by atoms with Crippen molar-refractivity contribution in [2.24, 2.45) is 0 Å². The molecule has 0 atom stereocenters. The van der Waals surface area contributed by atoms with Crippen LogP contribution >= 0.6 is 7.82 Å². The van der Waals surface area contributed by atoms with Crippen LogP contribution in [0, 0.1) is 0 Å². The molecule has 0 aliphatic heterocycles. The molecule has 0 aliphatic carbocycles. The molecule has 3 aromatic carbocycles. The van der Waals surface area contributed by atoms with Gasteiger partial charge in [-0.3, -0.25) is 0 Å². The van der Waals surface area contributed by atoms with Crippen LogP contribution < -0.4 is 14.7 Å². The van der Waals surface area contributed by atoms with Gasteiger partial charge in [-0.1, -0.05) is 98.7 Å². The third-order valence-electron chi connectivity index (χ3n) is 5.20. The van der Waals surface area contributed by atoms with Gasteiger partial charge in [0.1, 0.15) is 17.2 Å². The number of benzene rings is 3. The summed E-state index contributed by atoms with van der Waals surface area (Å²) in [5.74, 6) is 0.994. The monoisotopic (exact) mass is 545 g/mol. The van der Waals surface area contributed by atoms with E-state index in [2.05, 4.69) is 62.3 Å². The van der Waals surface area contributed by atoms with Crippen LogP contribution in [0.15, 0.2) is 72.8 Å². The predicted octanol–water partition coefficient (Wildman–Crippen LogP) is 5.24. The molecular formula is C30H42O7P-3. The van der Waals surface area contributed by atoms with E-state index < -0.39 is 7.82 Å². The number of phosphoric acid groups is 1. The zero-order valence-corrected chi connectivity index (χ0v) is 24.7. The summed E-state index contributed by atoms with van der Waals surface area (Å²) >= 11 is 0. The molecule has 0 aliphatic rings. The highest BCUT2D eigenvalue weighted by molar-refractivity contribution is 7.40. The van der Waals surface area contributed by atoms with Gasteiger partial charge in [0.25, 0.3) is 0 Å². The van der Waals surface area contributed by atoms with Gasteiger partial charge in [-0.25, -0.2) is 0 Å². The number of rotatable bonds is 0. The van der Waals surface area contributed by atoms with Gasteiger partial charge in [0.2, 0.25) is 0 Å². The lowest BCUT2D eigenvalue weighted by Gasteiger charge is -2.36. The lowest BCUT2D eigenvalue weighted by atomic mass is 9.87. The fraction of sp³-hybridized carbons (Fsp3) is 0.400. The first-order valence-electron chi connectivity index (χ1n) is 12.1. The van der Waals surface area contributed by atoms with Crippen molar-refractivity contribution in [3.8, 4) is 17.2 Å². The Morgan fingerprint density at radius 1 is 0.447 bits per heavy atom. The Balaban J connectivity index is 0.000000497. The Kier molecular flexibility index (Phi) is 13.3. The fourth-order valence-corrected chi connectivity index (χ4v) is 2.88. The van der Waals surface area contributed by atoms with E-state index in [0.717, 1.165) is 0 Å².